The standard InChI is InChI=1S/C16H22N2O2.ClH/c1-12-11-17-7-8-18(12)16(19)10-15-14-5-3-2-4-13(14)6-9-20-15;/h2-5,12,15,17H,6-11H2,1H3;1H. The van der Waals surface area contributed by atoms with Crippen LogP contribution in [0.5, 0.6) is 0 Å². The van der Waals surface area contributed by atoms with Crippen molar-refractivity contribution in [2.75, 3.05) is 26.2 Å². The van der Waals surface area contributed by atoms with Gasteiger partial charge in [0.05, 0.1) is 19.1 Å². The molecule has 0 saturated carbocycles. The molecule has 0 aliphatic carbocycles. The van der Waals surface area contributed by atoms with Crippen LogP contribution in [0.15, 0.2) is 24.3 Å². The van der Waals surface area contributed by atoms with E-state index in [1.807, 2.05) is 11.0 Å². The Bertz CT molecular complexity index is 495. The van der Waals surface area contributed by atoms with Gasteiger partial charge in [-0.2, -0.15) is 0 Å². The summed E-state index contributed by atoms with van der Waals surface area (Å²) >= 11 is 0. The summed E-state index contributed by atoms with van der Waals surface area (Å²) in [4.78, 5) is 14.5. The van der Waals surface area contributed by atoms with Gasteiger partial charge in [-0.25, -0.2) is 0 Å². The van der Waals surface area contributed by atoms with Crippen LogP contribution in [0.4, 0.5) is 0 Å². The molecule has 0 radical (unpaired) electrons. The molecule has 1 aromatic rings. The van der Waals surface area contributed by atoms with E-state index in [1.54, 1.807) is 0 Å². The molecule has 116 valence electrons. The van der Waals surface area contributed by atoms with E-state index < -0.39 is 0 Å². The van der Waals surface area contributed by atoms with E-state index in [-0.39, 0.29) is 30.5 Å². The summed E-state index contributed by atoms with van der Waals surface area (Å²) in [7, 11) is 0. The van der Waals surface area contributed by atoms with Crippen LogP contribution >= 0.6 is 12.4 Å². The first-order valence-electron chi connectivity index (χ1n) is 7.45. The van der Waals surface area contributed by atoms with E-state index in [1.165, 1.54) is 11.1 Å². The van der Waals surface area contributed by atoms with Gasteiger partial charge in [0, 0.05) is 25.7 Å². The molecule has 4 nitrogen and oxygen atoms in total. The molecule has 21 heavy (non-hydrogen) atoms. The van der Waals surface area contributed by atoms with Gasteiger partial charge < -0.3 is 15.0 Å². The Balaban J connectivity index is 0.00000161. The van der Waals surface area contributed by atoms with Crippen molar-refractivity contribution in [3.05, 3.63) is 35.4 Å². The number of hydrogen-bond acceptors (Lipinski definition) is 3. The van der Waals surface area contributed by atoms with Gasteiger partial charge in [-0.1, -0.05) is 24.3 Å². The Labute approximate surface area is 132 Å². The topological polar surface area (TPSA) is 41.6 Å². The molecule has 3 rings (SSSR count). The Hall–Kier alpha value is -1.10. The number of nitrogens with zero attached hydrogens (tertiary/aromatic N) is 1. The molecule has 5 heteroatoms. The predicted molar refractivity (Wildman–Crippen MR) is 84.7 cm³/mol. The quantitative estimate of drug-likeness (QED) is 0.907. The first-order valence-corrected chi connectivity index (χ1v) is 7.45. The molecule has 1 amide bonds. The molecular weight excluding hydrogens is 288 g/mol. The third kappa shape index (κ3) is 3.57. The van der Waals surface area contributed by atoms with Crippen LogP contribution in [-0.4, -0.2) is 43.1 Å². The minimum absolute atomic E-state index is 0. The molecule has 2 atom stereocenters. The van der Waals surface area contributed by atoms with Gasteiger partial charge in [0.2, 0.25) is 5.91 Å². The first kappa shape index (κ1) is 16.3. The van der Waals surface area contributed by atoms with Crippen LogP contribution in [0.1, 0.15) is 30.6 Å². The van der Waals surface area contributed by atoms with Crippen molar-refractivity contribution < 1.29 is 9.53 Å². The van der Waals surface area contributed by atoms with E-state index in [2.05, 4.69) is 30.4 Å². The number of rotatable bonds is 2. The summed E-state index contributed by atoms with van der Waals surface area (Å²) in [6, 6.07) is 8.59. The monoisotopic (exact) mass is 310 g/mol. The number of carbonyl (C=O) groups is 1. The van der Waals surface area contributed by atoms with Crippen molar-refractivity contribution in [2.45, 2.75) is 31.9 Å². The molecule has 1 fully saturated rings. The van der Waals surface area contributed by atoms with Gasteiger partial charge in [-0.3, -0.25) is 4.79 Å². The van der Waals surface area contributed by atoms with Gasteiger partial charge in [-0.15, -0.1) is 12.4 Å². The molecule has 2 aliphatic rings. The van der Waals surface area contributed by atoms with Crippen LogP contribution in [0.2, 0.25) is 0 Å². The Kier molecular flexibility index (Phi) is 5.62. The van der Waals surface area contributed by atoms with Crippen LogP contribution in [0.3, 0.4) is 0 Å². The fourth-order valence-corrected chi connectivity index (χ4v) is 3.13. The number of hydrogen-bond donors (Lipinski definition) is 1. The number of piperazine rings is 1. The lowest BCUT2D eigenvalue weighted by Gasteiger charge is -2.35. The van der Waals surface area contributed by atoms with Crippen molar-refractivity contribution >= 4 is 18.3 Å². The van der Waals surface area contributed by atoms with Crippen LogP contribution < -0.4 is 5.32 Å². The number of benzene rings is 1. The van der Waals surface area contributed by atoms with E-state index in [4.69, 9.17) is 4.74 Å². The molecule has 2 heterocycles. The van der Waals surface area contributed by atoms with Crippen LogP contribution in [0.25, 0.3) is 0 Å². The Morgan fingerprint density at radius 3 is 3.05 bits per heavy atom. The number of ether oxygens (including phenoxy) is 1. The highest BCUT2D eigenvalue weighted by atomic mass is 35.5. The normalized spacial score (nSPS) is 24.9. The van der Waals surface area contributed by atoms with Crippen molar-refractivity contribution in [1.29, 1.82) is 0 Å². The summed E-state index contributed by atoms with van der Waals surface area (Å²) in [5, 5.41) is 3.31. The molecule has 1 saturated heterocycles. The molecule has 2 unspecified atom stereocenters. The highest BCUT2D eigenvalue weighted by molar-refractivity contribution is 5.85. The highest BCUT2D eigenvalue weighted by Crippen LogP contribution is 2.30. The van der Waals surface area contributed by atoms with Gasteiger partial charge in [0.15, 0.2) is 0 Å². The SMILES string of the molecule is CC1CNCCN1C(=O)CC1OCCc2ccccc21.Cl. The second-order valence-electron chi connectivity index (χ2n) is 5.65. The maximum absolute atomic E-state index is 12.5. The average molecular weight is 311 g/mol. The van der Waals surface area contributed by atoms with E-state index in [9.17, 15) is 4.79 Å². The zero-order valence-corrected chi connectivity index (χ0v) is 13.2. The number of fused-ring (bicyclic) bond motifs is 1. The number of nitrogens with one attached hydrogen (secondary N) is 1. The summed E-state index contributed by atoms with van der Waals surface area (Å²) in [5.41, 5.74) is 2.51. The number of carbonyl (C=O) groups excluding carboxylic acids is 1. The van der Waals surface area contributed by atoms with Crippen molar-refractivity contribution in [2.24, 2.45) is 0 Å². The van der Waals surface area contributed by atoms with Crippen molar-refractivity contribution in [3.8, 4) is 0 Å². The maximum Gasteiger partial charge on any atom is 0.225 e. The van der Waals surface area contributed by atoms with Gasteiger partial charge >= 0.3 is 0 Å². The zero-order valence-electron chi connectivity index (χ0n) is 12.4. The lowest BCUT2D eigenvalue weighted by Crippen LogP contribution is -2.52. The fraction of sp³-hybridized carbons (Fsp3) is 0.562. The third-order valence-electron chi connectivity index (χ3n) is 4.27. The van der Waals surface area contributed by atoms with Gasteiger partial charge in [-0.05, 0) is 24.5 Å². The minimum Gasteiger partial charge on any atom is -0.373 e. The molecule has 0 bridgehead atoms. The Morgan fingerprint density at radius 2 is 2.24 bits per heavy atom. The van der Waals surface area contributed by atoms with Crippen LogP contribution in [-0.2, 0) is 16.0 Å². The second kappa shape index (κ2) is 7.25. The van der Waals surface area contributed by atoms with Gasteiger partial charge in [0.25, 0.3) is 0 Å². The number of amides is 1. The fourth-order valence-electron chi connectivity index (χ4n) is 3.13. The second-order valence-corrected chi connectivity index (χ2v) is 5.65. The van der Waals surface area contributed by atoms with Gasteiger partial charge in [0.1, 0.15) is 0 Å². The molecular formula is C16H23ClN2O2. The Morgan fingerprint density at radius 1 is 1.43 bits per heavy atom. The first-order chi connectivity index (χ1) is 9.75. The van der Waals surface area contributed by atoms with E-state index >= 15 is 0 Å². The molecule has 0 spiro atoms. The van der Waals surface area contributed by atoms with Crippen LogP contribution in [0, 0.1) is 0 Å². The maximum atomic E-state index is 12.5. The third-order valence-corrected chi connectivity index (χ3v) is 4.27. The zero-order chi connectivity index (χ0) is 13.9. The lowest BCUT2D eigenvalue weighted by molar-refractivity contribution is -0.137. The summed E-state index contributed by atoms with van der Waals surface area (Å²) in [6.45, 7) is 5.38. The molecule has 1 aromatic carbocycles. The highest BCUT2D eigenvalue weighted by Gasteiger charge is 2.28. The molecule has 0 aromatic heterocycles. The summed E-state index contributed by atoms with van der Waals surface area (Å²) < 4.78 is 5.84. The minimum atomic E-state index is -0.0745. The van der Waals surface area contributed by atoms with Crippen molar-refractivity contribution in [1.82, 2.24) is 10.2 Å². The lowest BCUT2D eigenvalue weighted by atomic mass is 9.95. The summed E-state index contributed by atoms with van der Waals surface area (Å²) in [6.07, 6.45) is 1.33. The average Bonchev–Trinajstić information content (AvgIpc) is 2.48. The predicted octanol–water partition coefficient (Wildman–Crippen LogP) is 1.93. The van der Waals surface area contributed by atoms with E-state index in [0.29, 0.717) is 13.0 Å². The largest absolute Gasteiger partial charge is 0.373 e. The van der Waals surface area contributed by atoms with E-state index in [0.717, 1.165) is 26.1 Å². The summed E-state index contributed by atoms with van der Waals surface area (Å²) in [5.74, 6) is 0.209. The molecule has 2 aliphatic heterocycles. The smallest absolute Gasteiger partial charge is 0.225 e. The molecule has 1 N–H and O–H groups in total. The number of halogens is 1. The van der Waals surface area contributed by atoms with Crippen molar-refractivity contribution in [3.63, 3.8) is 0 Å².